The van der Waals surface area contributed by atoms with Gasteiger partial charge >= 0.3 is 5.97 Å². The van der Waals surface area contributed by atoms with E-state index in [0.717, 1.165) is 17.1 Å². The van der Waals surface area contributed by atoms with Gasteiger partial charge in [-0.2, -0.15) is 11.8 Å². The molecular weight excluding hydrogens is 302 g/mol. The molecule has 1 aromatic rings. The van der Waals surface area contributed by atoms with Crippen LogP contribution in [0.15, 0.2) is 30.3 Å². The van der Waals surface area contributed by atoms with E-state index < -0.39 is 11.5 Å². The number of carboxylic acids is 1. The van der Waals surface area contributed by atoms with Crippen molar-refractivity contribution in [1.82, 2.24) is 5.32 Å². The highest BCUT2D eigenvalue weighted by Gasteiger charge is 2.41. The maximum atomic E-state index is 12.0. The number of carboxylic acid groups (broad SMARTS) is 1. The summed E-state index contributed by atoms with van der Waals surface area (Å²) < 4.78 is 5.46. The lowest BCUT2D eigenvalue weighted by molar-refractivity contribution is -0.148. The Bertz CT molecular complexity index is 500. The van der Waals surface area contributed by atoms with E-state index in [2.05, 4.69) is 5.32 Å². The molecule has 0 atom stereocenters. The van der Waals surface area contributed by atoms with Crippen molar-refractivity contribution < 1.29 is 19.4 Å². The van der Waals surface area contributed by atoms with E-state index in [-0.39, 0.29) is 18.9 Å². The Morgan fingerprint density at radius 1 is 1.23 bits per heavy atom. The molecule has 2 rings (SSSR count). The van der Waals surface area contributed by atoms with Gasteiger partial charge in [-0.3, -0.25) is 4.79 Å². The summed E-state index contributed by atoms with van der Waals surface area (Å²) in [5, 5.41) is 12.1. The molecule has 1 amide bonds. The number of hydrogen-bond acceptors (Lipinski definition) is 4. The molecular formula is C16H21NO4S. The number of carbonyl (C=O) groups is 2. The second-order valence-electron chi connectivity index (χ2n) is 5.34. The van der Waals surface area contributed by atoms with Crippen molar-refractivity contribution >= 4 is 23.6 Å². The van der Waals surface area contributed by atoms with Crippen molar-refractivity contribution in [3.63, 3.8) is 0 Å². The second-order valence-corrected chi connectivity index (χ2v) is 6.56. The van der Waals surface area contributed by atoms with Gasteiger partial charge in [0.2, 0.25) is 5.91 Å². The number of hydrogen-bond donors (Lipinski definition) is 2. The maximum absolute atomic E-state index is 12.0. The van der Waals surface area contributed by atoms with Gasteiger partial charge in [0.15, 0.2) is 0 Å². The van der Waals surface area contributed by atoms with Gasteiger partial charge in [-0.15, -0.1) is 0 Å². The Morgan fingerprint density at radius 3 is 2.55 bits per heavy atom. The van der Waals surface area contributed by atoms with E-state index in [1.54, 1.807) is 11.8 Å². The predicted molar refractivity (Wildman–Crippen MR) is 85.8 cm³/mol. The van der Waals surface area contributed by atoms with E-state index in [1.165, 1.54) is 0 Å². The molecule has 6 heteroatoms. The number of amides is 1. The van der Waals surface area contributed by atoms with Crippen molar-refractivity contribution in [1.29, 1.82) is 0 Å². The van der Waals surface area contributed by atoms with Crippen LogP contribution >= 0.6 is 11.8 Å². The summed E-state index contributed by atoms with van der Waals surface area (Å²) in [6.45, 7) is 0.736. The SMILES string of the molecule is O=C(CCOCc1ccccc1)NC1(C(=O)O)CCSCC1. The van der Waals surface area contributed by atoms with Crippen molar-refractivity contribution in [2.24, 2.45) is 0 Å². The minimum Gasteiger partial charge on any atom is -0.480 e. The van der Waals surface area contributed by atoms with Crippen LogP contribution in [0.3, 0.4) is 0 Å². The van der Waals surface area contributed by atoms with Gasteiger partial charge in [0.05, 0.1) is 19.6 Å². The zero-order valence-corrected chi connectivity index (χ0v) is 13.2. The molecule has 5 nitrogen and oxygen atoms in total. The zero-order valence-electron chi connectivity index (χ0n) is 12.4. The van der Waals surface area contributed by atoms with Gasteiger partial charge in [0.25, 0.3) is 0 Å². The van der Waals surface area contributed by atoms with Crippen LogP contribution in [0.4, 0.5) is 0 Å². The molecule has 1 aliphatic heterocycles. The minimum atomic E-state index is -1.10. The van der Waals surface area contributed by atoms with Crippen LogP contribution in [0.2, 0.25) is 0 Å². The largest absolute Gasteiger partial charge is 0.480 e. The number of carbonyl (C=O) groups excluding carboxylic acids is 1. The van der Waals surface area contributed by atoms with Gasteiger partial charge in [0.1, 0.15) is 5.54 Å². The third kappa shape index (κ3) is 4.74. The first-order valence-corrected chi connectivity index (χ1v) is 8.52. The third-order valence-corrected chi connectivity index (χ3v) is 4.71. The molecule has 0 saturated carbocycles. The van der Waals surface area contributed by atoms with E-state index in [1.807, 2.05) is 30.3 Å². The van der Waals surface area contributed by atoms with Crippen LogP contribution in [-0.2, 0) is 20.9 Å². The molecule has 2 N–H and O–H groups in total. The van der Waals surface area contributed by atoms with E-state index in [9.17, 15) is 14.7 Å². The van der Waals surface area contributed by atoms with Crippen LogP contribution in [0, 0.1) is 0 Å². The van der Waals surface area contributed by atoms with Crippen LogP contribution in [-0.4, -0.2) is 40.6 Å². The first-order valence-electron chi connectivity index (χ1n) is 7.36. The van der Waals surface area contributed by atoms with Gasteiger partial charge in [-0.25, -0.2) is 4.79 Å². The highest BCUT2D eigenvalue weighted by Crippen LogP contribution is 2.27. The fourth-order valence-corrected chi connectivity index (χ4v) is 3.56. The molecule has 0 unspecified atom stereocenters. The van der Waals surface area contributed by atoms with Gasteiger partial charge in [0, 0.05) is 0 Å². The smallest absolute Gasteiger partial charge is 0.329 e. The van der Waals surface area contributed by atoms with Crippen LogP contribution in [0.1, 0.15) is 24.8 Å². The van der Waals surface area contributed by atoms with E-state index >= 15 is 0 Å². The summed E-state index contributed by atoms with van der Waals surface area (Å²) in [4.78, 5) is 23.4. The summed E-state index contributed by atoms with van der Waals surface area (Å²) in [6, 6.07) is 9.72. The number of ether oxygens (including phenoxy) is 1. The molecule has 1 heterocycles. The summed E-state index contributed by atoms with van der Waals surface area (Å²) >= 11 is 1.72. The molecule has 0 aliphatic carbocycles. The lowest BCUT2D eigenvalue weighted by Crippen LogP contribution is -2.56. The van der Waals surface area contributed by atoms with Crippen LogP contribution in [0.5, 0.6) is 0 Å². The Hall–Kier alpha value is -1.53. The van der Waals surface area contributed by atoms with Gasteiger partial charge < -0.3 is 15.2 Å². The molecule has 0 bridgehead atoms. The first-order chi connectivity index (χ1) is 10.6. The number of thioether (sulfide) groups is 1. The second kappa shape index (κ2) is 8.19. The molecule has 1 aliphatic rings. The molecule has 1 aromatic carbocycles. The Labute approximate surface area is 134 Å². The number of rotatable bonds is 7. The Morgan fingerprint density at radius 2 is 1.91 bits per heavy atom. The summed E-state index contributed by atoms with van der Waals surface area (Å²) in [7, 11) is 0. The first kappa shape index (κ1) is 16.8. The lowest BCUT2D eigenvalue weighted by atomic mass is 9.92. The molecule has 1 fully saturated rings. The molecule has 120 valence electrons. The summed E-state index contributed by atoms with van der Waals surface area (Å²) in [5.74, 6) is 0.322. The van der Waals surface area contributed by atoms with Crippen molar-refractivity contribution in [3.05, 3.63) is 35.9 Å². The van der Waals surface area contributed by atoms with Gasteiger partial charge in [-0.05, 0) is 29.9 Å². The Balaban J connectivity index is 1.73. The van der Waals surface area contributed by atoms with E-state index in [4.69, 9.17) is 4.74 Å². The molecule has 0 radical (unpaired) electrons. The van der Waals surface area contributed by atoms with Crippen molar-refractivity contribution in [3.8, 4) is 0 Å². The number of aliphatic carboxylic acids is 1. The quantitative estimate of drug-likeness (QED) is 0.751. The predicted octanol–water partition coefficient (Wildman–Crippen LogP) is 2.06. The molecule has 0 aromatic heterocycles. The summed E-state index contributed by atoms with van der Waals surface area (Å²) in [6.07, 6.45) is 1.13. The average molecular weight is 323 g/mol. The fourth-order valence-electron chi connectivity index (χ4n) is 2.37. The topological polar surface area (TPSA) is 75.6 Å². The van der Waals surface area contributed by atoms with Crippen molar-refractivity contribution in [2.45, 2.75) is 31.4 Å². The third-order valence-electron chi connectivity index (χ3n) is 3.72. The minimum absolute atomic E-state index is 0.176. The van der Waals surface area contributed by atoms with Gasteiger partial charge in [-0.1, -0.05) is 30.3 Å². The zero-order chi connectivity index (χ0) is 15.8. The maximum Gasteiger partial charge on any atom is 0.329 e. The standard InChI is InChI=1S/C16H21NO4S/c18-14(6-9-21-12-13-4-2-1-3-5-13)17-16(15(19)20)7-10-22-11-8-16/h1-5H,6-12H2,(H,17,18)(H,19,20). The normalized spacial score (nSPS) is 16.9. The van der Waals surface area contributed by atoms with E-state index in [0.29, 0.717) is 19.4 Å². The summed E-state index contributed by atoms with van der Waals surface area (Å²) in [5.41, 5.74) is -0.0453. The molecule has 22 heavy (non-hydrogen) atoms. The van der Waals surface area contributed by atoms with Crippen LogP contribution in [0.25, 0.3) is 0 Å². The fraction of sp³-hybridized carbons (Fsp3) is 0.500. The monoisotopic (exact) mass is 323 g/mol. The average Bonchev–Trinajstić information content (AvgIpc) is 2.53. The Kier molecular flexibility index (Phi) is 6.27. The number of nitrogens with one attached hydrogen (secondary N) is 1. The molecule has 1 saturated heterocycles. The van der Waals surface area contributed by atoms with Crippen molar-refractivity contribution in [2.75, 3.05) is 18.1 Å². The van der Waals surface area contributed by atoms with Crippen LogP contribution < -0.4 is 5.32 Å². The lowest BCUT2D eigenvalue weighted by Gasteiger charge is -2.33. The number of benzene rings is 1. The highest BCUT2D eigenvalue weighted by molar-refractivity contribution is 7.99. The highest BCUT2D eigenvalue weighted by atomic mass is 32.2. The molecule has 0 spiro atoms.